The first-order valence-corrected chi connectivity index (χ1v) is 13.5. The molecule has 2 amide bonds. The molecule has 2 fully saturated rings. The molecule has 2 aliphatic rings. The van der Waals surface area contributed by atoms with Gasteiger partial charge < -0.3 is 20.9 Å². The Kier molecular flexibility index (Phi) is 10.4. The summed E-state index contributed by atoms with van der Waals surface area (Å²) in [6.07, 6.45) is 8.14. The second-order valence-corrected chi connectivity index (χ2v) is 10.4. The van der Waals surface area contributed by atoms with Crippen LogP contribution in [0.3, 0.4) is 0 Å². The first-order valence-electron chi connectivity index (χ1n) is 12.6. The third-order valence-corrected chi connectivity index (χ3v) is 8.29. The van der Waals surface area contributed by atoms with Gasteiger partial charge in [-0.25, -0.2) is 9.59 Å². The number of piperidine rings is 1. The second-order valence-electron chi connectivity index (χ2n) is 9.46. The van der Waals surface area contributed by atoms with Crippen LogP contribution in [0.1, 0.15) is 68.2 Å². The molecular weight excluding hydrogens is 462 g/mol. The highest BCUT2D eigenvalue weighted by atomic mass is 32.1. The van der Waals surface area contributed by atoms with E-state index in [1.165, 1.54) is 58.0 Å². The number of nitrogens with zero attached hydrogens (tertiary/aromatic N) is 1. The zero-order chi connectivity index (χ0) is 25.1. The molecule has 8 heteroatoms. The number of likely N-dealkylation sites (tertiary alicyclic amines) is 1. The minimum Gasteiger partial charge on any atom is -0.449 e. The average molecular weight is 502 g/mol. The lowest BCUT2D eigenvalue weighted by molar-refractivity contribution is -0.00817. The van der Waals surface area contributed by atoms with Crippen molar-refractivity contribution in [2.45, 2.75) is 63.3 Å². The molecule has 0 spiro atoms. The lowest BCUT2D eigenvalue weighted by Gasteiger charge is -2.51. The van der Waals surface area contributed by atoms with Crippen LogP contribution in [-0.4, -0.2) is 43.4 Å². The van der Waals surface area contributed by atoms with Crippen molar-refractivity contribution in [3.63, 3.8) is 0 Å². The maximum absolute atomic E-state index is 10.5. The van der Waals surface area contributed by atoms with E-state index in [4.69, 9.17) is 20.9 Å². The maximum Gasteiger partial charge on any atom is 0.404 e. The number of thiophene rings is 1. The van der Waals surface area contributed by atoms with Gasteiger partial charge in [0.1, 0.15) is 13.2 Å². The molecule has 7 nitrogen and oxygen atoms in total. The molecule has 2 aromatic rings. The number of rotatable bonds is 7. The summed E-state index contributed by atoms with van der Waals surface area (Å²) in [6.45, 7) is 5.21. The number of carbonyl (C=O) groups is 2. The largest absolute Gasteiger partial charge is 0.449 e. The lowest BCUT2D eigenvalue weighted by atomic mass is 9.71. The summed E-state index contributed by atoms with van der Waals surface area (Å²) in [5, 5.41) is 2.27. The normalized spacial score (nSPS) is 22.6. The Morgan fingerprint density at radius 1 is 0.971 bits per heavy atom. The topological polar surface area (TPSA) is 108 Å². The van der Waals surface area contributed by atoms with Gasteiger partial charge in [-0.15, -0.1) is 11.3 Å². The number of carbonyl (C=O) groups excluding carboxylic acids is 2. The van der Waals surface area contributed by atoms with E-state index in [-0.39, 0.29) is 19.1 Å². The van der Waals surface area contributed by atoms with Gasteiger partial charge in [-0.1, -0.05) is 62.6 Å². The second kappa shape index (κ2) is 13.5. The van der Waals surface area contributed by atoms with Gasteiger partial charge in [-0.05, 0) is 61.7 Å². The first-order chi connectivity index (χ1) is 16.9. The van der Waals surface area contributed by atoms with Gasteiger partial charge in [0.05, 0.1) is 11.5 Å². The van der Waals surface area contributed by atoms with E-state index >= 15 is 0 Å². The number of benzene rings is 1. The van der Waals surface area contributed by atoms with Gasteiger partial charge in [0.2, 0.25) is 0 Å². The van der Waals surface area contributed by atoms with Crippen LogP contribution in [0.15, 0.2) is 47.8 Å². The van der Waals surface area contributed by atoms with Crippen molar-refractivity contribution >= 4 is 23.5 Å². The fourth-order valence-corrected chi connectivity index (χ4v) is 6.57. The fourth-order valence-electron chi connectivity index (χ4n) is 5.47. The van der Waals surface area contributed by atoms with Crippen molar-refractivity contribution in [3.05, 3.63) is 58.3 Å². The quantitative estimate of drug-likeness (QED) is 0.513. The Bertz CT molecular complexity index is 884. The molecule has 1 aliphatic heterocycles. The predicted molar refractivity (Wildman–Crippen MR) is 139 cm³/mol. The van der Waals surface area contributed by atoms with Crippen LogP contribution in [-0.2, 0) is 15.0 Å². The molecule has 4 rings (SSSR count). The summed E-state index contributed by atoms with van der Waals surface area (Å²) >= 11 is 1.98. The molecule has 1 saturated carbocycles. The third kappa shape index (κ3) is 7.45. The zero-order valence-electron chi connectivity index (χ0n) is 20.7. The van der Waals surface area contributed by atoms with Gasteiger partial charge in [-0.3, -0.25) is 4.90 Å². The summed E-state index contributed by atoms with van der Waals surface area (Å²) < 4.78 is 9.39. The lowest BCUT2D eigenvalue weighted by Crippen LogP contribution is -2.53. The van der Waals surface area contributed by atoms with E-state index in [1.807, 2.05) is 41.7 Å². The molecule has 1 aliphatic carbocycles. The minimum atomic E-state index is -0.870. The van der Waals surface area contributed by atoms with Gasteiger partial charge in [0.25, 0.3) is 0 Å². The summed E-state index contributed by atoms with van der Waals surface area (Å²) in [5.41, 5.74) is 11.0. The molecule has 1 saturated heterocycles. The Hall–Kier alpha value is -2.58. The predicted octanol–water partition coefficient (Wildman–Crippen LogP) is 5.60. The molecule has 1 aromatic carbocycles. The highest BCUT2D eigenvalue weighted by Crippen LogP contribution is 2.48. The number of amides is 2. The van der Waals surface area contributed by atoms with Crippen LogP contribution in [0.4, 0.5) is 9.59 Å². The molecule has 4 N–H and O–H groups in total. The van der Waals surface area contributed by atoms with Crippen molar-refractivity contribution in [2.24, 2.45) is 17.4 Å². The molecule has 0 bridgehead atoms. The zero-order valence-corrected chi connectivity index (χ0v) is 21.5. The van der Waals surface area contributed by atoms with Gasteiger partial charge in [-0.2, -0.15) is 0 Å². The van der Waals surface area contributed by atoms with Crippen LogP contribution < -0.4 is 11.5 Å². The number of hydrogen-bond acceptors (Lipinski definition) is 6. The molecule has 192 valence electrons. The van der Waals surface area contributed by atoms with Crippen LogP contribution >= 0.6 is 11.3 Å². The number of hydrogen-bond donors (Lipinski definition) is 2. The van der Waals surface area contributed by atoms with E-state index in [0.717, 1.165) is 11.5 Å². The molecule has 2 atom stereocenters. The summed E-state index contributed by atoms with van der Waals surface area (Å²) in [4.78, 5) is 25.6. The van der Waals surface area contributed by atoms with Crippen LogP contribution in [0.25, 0.3) is 0 Å². The molecule has 1 aromatic heterocycles. The van der Waals surface area contributed by atoms with Crippen molar-refractivity contribution in [1.29, 1.82) is 0 Å². The summed E-state index contributed by atoms with van der Waals surface area (Å²) in [7, 11) is 0. The van der Waals surface area contributed by atoms with Gasteiger partial charge in [0.15, 0.2) is 0 Å². The molecule has 0 unspecified atom stereocenters. The monoisotopic (exact) mass is 501 g/mol. The van der Waals surface area contributed by atoms with E-state index < -0.39 is 12.2 Å². The van der Waals surface area contributed by atoms with Crippen molar-refractivity contribution in [3.8, 4) is 0 Å². The Morgan fingerprint density at radius 2 is 1.63 bits per heavy atom. The first kappa shape index (κ1) is 27.0. The van der Waals surface area contributed by atoms with Crippen LogP contribution in [0.5, 0.6) is 0 Å². The fraction of sp³-hybridized carbons (Fsp3) is 0.556. The molecule has 35 heavy (non-hydrogen) atoms. The van der Waals surface area contributed by atoms with E-state index in [1.54, 1.807) is 4.88 Å². The number of primary amides is 2. The van der Waals surface area contributed by atoms with Crippen molar-refractivity contribution in [2.75, 3.05) is 26.3 Å². The minimum absolute atomic E-state index is 0.0344. The Balaban J connectivity index is 0.000000196. The van der Waals surface area contributed by atoms with Crippen LogP contribution in [0, 0.1) is 5.92 Å². The van der Waals surface area contributed by atoms with E-state index in [9.17, 15) is 9.59 Å². The number of ether oxygens (including phenoxy) is 2. The average Bonchev–Trinajstić information content (AvgIpc) is 3.41. The molecular formula is C27H39N3O4S. The summed E-state index contributed by atoms with van der Waals surface area (Å²) in [5.74, 6) is 0.541. The maximum atomic E-state index is 10.5. The summed E-state index contributed by atoms with van der Waals surface area (Å²) in [6, 6.07) is 13.8. The van der Waals surface area contributed by atoms with Gasteiger partial charge in [0, 0.05) is 4.88 Å². The smallest absolute Gasteiger partial charge is 0.404 e. The standard InChI is InChI=1S/C16H25NS.C11H14N2O4/c1-14-8-3-4-10-16(14,15-9-7-13-18-15)17-11-5-2-6-12-17;12-10(14)16-6-9(7-17-11(13)15)8-4-2-1-3-5-8/h7,9,13-14H,2-6,8,10-12H2,1H3;1-5,9H,6-7H2,(H2,12,14)(H2,13,15)/t14-,16+;/m0./s1. The van der Waals surface area contributed by atoms with E-state index in [2.05, 4.69) is 29.3 Å². The Labute approximate surface area is 212 Å². The van der Waals surface area contributed by atoms with Crippen LogP contribution in [0.2, 0.25) is 0 Å². The highest BCUT2D eigenvalue weighted by molar-refractivity contribution is 7.10. The molecule has 2 heterocycles. The molecule has 0 radical (unpaired) electrons. The van der Waals surface area contributed by atoms with Crippen molar-refractivity contribution in [1.82, 2.24) is 4.90 Å². The Morgan fingerprint density at radius 3 is 2.17 bits per heavy atom. The SMILES string of the molecule is C[C@H]1CCCC[C@@]1(c1cccs1)N1CCCCC1.NC(=O)OCC(COC(N)=O)c1ccccc1. The number of nitrogens with two attached hydrogens (primary N) is 2. The van der Waals surface area contributed by atoms with E-state index in [0.29, 0.717) is 5.54 Å². The third-order valence-electron chi connectivity index (χ3n) is 7.25. The van der Waals surface area contributed by atoms with Gasteiger partial charge >= 0.3 is 12.2 Å². The highest BCUT2D eigenvalue weighted by Gasteiger charge is 2.45. The van der Waals surface area contributed by atoms with Crippen molar-refractivity contribution < 1.29 is 19.1 Å².